The number of fused-ring (bicyclic) bond motifs is 1. The number of rotatable bonds is 6. The zero-order chi connectivity index (χ0) is 19.9. The van der Waals surface area contributed by atoms with E-state index >= 15 is 0 Å². The van der Waals surface area contributed by atoms with Crippen molar-refractivity contribution in [3.05, 3.63) is 65.9 Å². The Labute approximate surface area is 170 Å². The molecule has 0 aliphatic carbocycles. The molecule has 0 saturated heterocycles. The Bertz CT molecular complexity index is 987. The first-order valence-corrected chi connectivity index (χ1v) is 9.69. The fourth-order valence-electron chi connectivity index (χ4n) is 2.73. The van der Waals surface area contributed by atoms with Gasteiger partial charge in [-0.1, -0.05) is 19.4 Å². The van der Waals surface area contributed by atoms with Crippen LogP contribution in [-0.2, 0) is 0 Å². The van der Waals surface area contributed by atoms with Gasteiger partial charge >= 0.3 is 0 Å². The highest BCUT2D eigenvalue weighted by molar-refractivity contribution is 7.80. The van der Waals surface area contributed by atoms with Crippen molar-refractivity contribution in [3.63, 3.8) is 0 Å². The lowest BCUT2D eigenvalue weighted by Crippen LogP contribution is -2.34. The third-order valence-corrected chi connectivity index (χ3v) is 4.43. The summed E-state index contributed by atoms with van der Waals surface area (Å²) in [6, 6.07) is 16.7. The van der Waals surface area contributed by atoms with E-state index in [0.29, 0.717) is 12.2 Å². The normalized spacial score (nSPS) is 10.5. The quantitative estimate of drug-likeness (QED) is 0.463. The summed E-state index contributed by atoms with van der Waals surface area (Å²) in [6.07, 6.45) is 2.09. The van der Waals surface area contributed by atoms with Crippen molar-refractivity contribution in [3.8, 4) is 5.75 Å². The summed E-state index contributed by atoms with van der Waals surface area (Å²) < 4.78 is 5.61. The second kappa shape index (κ2) is 9.28. The second-order valence-corrected chi connectivity index (χ2v) is 6.87. The van der Waals surface area contributed by atoms with Crippen LogP contribution in [0, 0.1) is 6.92 Å². The maximum absolute atomic E-state index is 12.4. The molecule has 28 heavy (non-hydrogen) atoms. The van der Waals surface area contributed by atoms with Crippen molar-refractivity contribution in [1.82, 2.24) is 10.3 Å². The first kappa shape index (κ1) is 19.8. The van der Waals surface area contributed by atoms with Gasteiger partial charge < -0.3 is 10.1 Å². The Kier molecular flexibility index (Phi) is 6.55. The van der Waals surface area contributed by atoms with Crippen LogP contribution in [0.15, 0.2) is 54.6 Å². The number of anilines is 1. The van der Waals surface area contributed by atoms with Crippen molar-refractivity contribution < 1.29 is 9.53 Å². The number of hydrogen-bond donors (Lipinski definition) is 2. The van der Waals surface area contributed by atoms with Crippen LogP contribution in [-0.4, -0.2) is 22.6 Å². The number of hydrogen-bond acceptors (Lipinski definition) is 4. The number of aromatic nitrogens is 1. The molecule has 2 N–H and O–H groups in total. The van der Waals surface area contributed by atoms with Gasteiger partial charge in [-0.15, -0.1) is 0 Å². The van der Waals surface area contributed by atoms with E-state index in [9.17, 15) is 4.79 Å². The molecule has 0 aliphatic rings. The van der Waals surface area contributed by atoms with Crippen LogP contribution in [0.5, 0.6) is 5.75 Å². The number of amides is 1. The smallest absolute Gasteiger partial charge is 0.257 e. The molecule has 3 aromatic rings. The van der Waals surface area contributed by atoms with E-state index in [1.807, 2.05) is 37.3 Å². The zero-order valence-electron chi connectivity index (χ0n) is 16.0. The molecule has 0 saturated carbocycles. The van der Waals surface area contributed by atoms with E-state index in [4.69, 9.17) is 17.0 Å². The lowest BCUT2D eigenvalue weighted by molar-refractivity contribution is 0.0977. The Hall–Kier alpha value is -2.99. The molecule has 0 aliphatic heterocycles. The number of nitrogens with one attached hydrogen (secondary N) is 2. The number of unbranched alkanes of at least 4 members (excludes halogenated alkanes) is 1. The maximum Gasteiger partial charge on any atom is 0.257 e. The summed E-state index contributed by atoms with van der Waals surface area (Å²) in [7, 11) is 0. The van der Waals surface area contributed by atoms with Crippen LogP contribution >= 0.6 is 12.2 Å². The highest BCUT2D eigenvalue weighted by Crippen LogP contribution is 2.22. The van der Waals surface area contributed by atoms with E-state index < -0.39 is 0 Å². The van der Waals surface area contributed by atoms with E-state index in [1.165, 1.54) is 0 Å². The highest BCUT2D eigenvalue weighted by atomic mass is 32.1. The Morgan fingerprint density at radius 1 is 1.11 bits per heavy atom. The molecule has 0 atom stereocenters. The predicted molar refractivity (Wildman–Crippen MR) is 117 cm³/mol. The van der Waals surface area contributed by atoms with E-state index in [-0.39, 0.29) is 11.0 Å². The average Bonchev–Trinajstić information content (AvgIpc) is 2.68. The van der Waals surface area contributed by atoms with Crippen molar-refractivity contribution in [2.24, 2.45) is 0 Å². The predicted octanol–water partition coefficient (Wildman–Crippen LogP) is 4.85. The molecule has 0 spiro atoms. The summed E-state index contributed by atoms with van der Waals surface area (Å²) >= 11 is 5.31. The van der Waals surface area contributed by atoms with Gasteiger partial charge in [-0.2, -0.15) is 0 Å². The highest BCUT2D eigenvalue weighted by Gasteiger charge is 2.10. The number of carbonyl (C=O) groups excluding carboxylic acids is 1. The lowest BCUT2D eigenvalue weighted by atomic mass is 10.1. The van der Waals surface area contributed by atoms with Crippen LogP contribution in [0.25, 0.3) is 10.9 Å². The van der Waals surface area contributed by atoms with E-state index in [0.717, 1.165) is 40.9 Å². The molecule has 2 aromatic carbocycles. The summed E-state index contributed by atoms with van der Waals surface area (Å²) in [5.74, 6) is 0.482. The summed E-state index contributed by atoms with van der Waals surface area (Å²) in [5.41, 5.74) is 3.14. The van der Waals surface area contributed by atoms with Gasteiger partial charge in [0.05, 0.1) is 12.1 Å². The number of thiocarbonyl (C=S) groups is 1. The molecule has 144 valence electrons. The summed E-state index contributed by atoms with van der Waals surface area (Å²) in [5, 5.41) is 6.98. The van der Waals surface area contributed by atoms with Crippen LogP contribution < -0.4 is 15.4 Å². The van der Waals surface area contributed by atoms with Gasteiger partial charge in [0.25, 0.3) is 5.91 Å². The first-order valence-electron chi connectivity index (χ1n) is 9.28. The van der Waals surface area contributed by atoms with Gasteiger partial charge in [-0.3, -0.25) is 15.1 Å². The third-order valence-electron chi connectivity index (χ3n) is 4.23. The molecule has 6 heteroatoms. The Morgan fingerprint density at radius 2 is 1.89 bits per heavy atom. The second-order valence-electron chi connectivity index (χ2n) is 6.46. The van der Waals surface area contributed by atoms with Crippen LogP contribution in [0.3, 0.4) is 0 Å². The molecule has 5 nitrogen and oxygen atoms in total. The Morgan fingerprint density at radius 3 is 2.64 bits per heavy atom. The molecule has 0 fully saturated rings. The number of benzene rings is 2. The molecule has 1 amide bonds. The molecule has 1 aromatic heterocycles. The van der Waals surface area contributed by atoms with Gasteiger partial charge in [-0.25, -0.2) is 0 Å². The van der Waals surface area contributed by atoms with Gasteiger partial charge in [-0.05, 0) is 74.1 Å². The molecule has 3 rings (SSSR count). The van der Waals surface area contributed by atoms with Crippen LogP contribution in [0.4, 0.5) is 5.69 Å². The zero-order valence-corrected chi connectivity index (χ0v) is 16.8. The summed E-state index contributed by atoms with van der Waals surface area (Å²) in [4.78, 5) is 16.9. The summed E-state index contributed by atoms with van der Waals surface area (Å²) in [6.45, 7) is 4.74. The SMILES string of the molecule is CCCCOc1ccc(C(=O)NC(=S)Nc2cccc3nc(C)ccc23)cc1. The third kappa shape index (κ3) is 5.04. The van der Waals surface area contributed by atoms with Gasteiger partial charge in [0.1, 0.15) is 5.75 Å². The number of pyridine rings is 1. The van der Waals surface area contributed by atoms with Crippen molar-refractivity contribution in [2.45, 2.75) is 26.7 Å². The maximum atomic E-state index is 12.4. The van der Waals surface area contributed by atoms with Crippen LogP contribution in [0.1, 0.15) is 35.8 Å². The van der Waals surface area contributed by atoms with E-state index in [1.54, 1.807) is 24.3 Å². The minimum absolute atomic E-state index is 0.237. The molecule has 1 heterocycles. The average molecular weight is 394 g/mol. The Balaban J connectivity index is 1.62. The molecular formula is C22H23N3O2S. The van der Waals surface area contributed by atoms with Crippen molar-refractivity contribution in [1.29, 1.82) is 0 Å². The monoisotopic (exact) mass is 393 g/mol. The van der Waals surface area contributed by atoms with Crippen molar-refractivity contribution in [2.75, 3.05) is 11.9 Å². The minimum atomic E-state index is -0.271. The fourth-order valence-corrected chi connectivity index (χ4v) is 2.93. The minimum Gasteiger partial charge on any atom is -0.494 e. The molecule has 0 radical (unpaired) electrons. The molecular weight excluding hydrogens is 370 g/mol. The number of aryl methyl sites for hydroxylation is 1. The van der Waals surface area contributed by atoms with Gasteiger partial charge in [0.2, 0.25) is 0 Å². The molecule has 0 unspecified atom stereocenters. The van der Waals surface area contributed by atoms with Gasteiger partial charge in [0, 0.05) is 22.3 Å². The standard InChI is InChI=1S/C22H23N3O2S/c1-3-4-14-27-17-11-9-16(10-12-17)21(26)25-22(28)24-20-7-5-6-19-18(20)13-8-15(2)23-19/h5-13H,3-4,14H2,1-2H3,(H2,24,25,26,28). The van der Waals surface area contributed by atoms with Crippen molar-refractivity contribution >= 4 is 39.8 Å². The lowest BCUT2D eigenvalue weighted by Gasteiger charge is -2.12. The number of carbonyl (C=O) groups is 1. The van der Waals surface area contributed by atoms with Gasteiger partial charge in [0.15, 0.2) is 5.11 Å². The van der Waals surface area contributed by atoms with E-state index in [2.05, 4.69) is 22.5 Å². The first-order chi connectivity index (χ1) is 13.6. The molecule has 0 bridgehead atoms. The number of ether oxygens (including phenoxy) is 1. The number of nitrogens with zero attached hydrogens (tertiary/aromatic N) is 1. The fraction of sp³-hybridized carbons (Fsp3) is 0.227. The van der Waals surface area contributed by atoms with Crippen LogP contribution in [0.2, 0.25) is 0 Å². The largest absolute Gasteiger partial charge is 0.494 e. The topological polar surface area (TPSA) is 63.2 Å².